The number of aliphatic hydroxyl groups is 3. The van der Waals surface area contributed by atoms with Crippen LogP contribution in [0.1, 0.15) is 37.2 Å². The van der Waals surface area contributed by atoms with E-state index in [2.05, 4.69) is 29.3 Å². The van der Waals surface area contributed by atoms with Gasteiger partial charge in [0.05, 0.1) is 46.6 Å². The summed E-state index contributed by atoms with van der Waals surface area (Å²) in [4.78, 5) is 64.4. The first kappa shape index (κ1) is 50.3. The van der Waals surface area contributed by atoms with Crippen LogP contribution in [0.2, 0.25) is 0 Å². The minimum atomic E-state index is -5.35. The number of imidazole rings is 2. The molecule has 0 aromatic carbocycles. The molecule has 36 heteroatoms. The maximum absolute atomic E-state index is 13.1. The number of nitrogens with zero attached hydrogens (tertiary/aromatic N) is 6. The van der Waals surface area contributed by atoms with E-state index in [1.807, 2.05) is 0 Å². The normalized spacial score (nSPS) is 28.4. The van der Waals surface area contributed by atoms with Gasteiger partial charge in [0.25, 0.3) is 17.0 Å². The Morgan fingerprint density at radius 2 is 1.41 bits per heavy atom. The molecule has 0 radical (unpaired) electrons. The predicted molar refractivity (Wildman–Crippen MR) is 207 cm³/mol. The second-order valence-electron chi connectivity index (χ2n) is 14.2. The van der Waals surface area contributed by atoms with Crippen molar-refractivity contribution in [2.45, 2.75) is 68.1 Å². The van der Waals surface area contributed by atoms with Gasteiger partial charge >= 0.3 is 36.9 Å². The monoisotopic (exact) mass is 1000 g/mol. The van der Waals surface area contributed by atoms with Gasteiger partial charge in [0, 0.05) is 20.6 Å². The number of aliphatic hydroxyl groups excluding tert-OH is 3. The van der Waals surface area contributed by atoms with Crippen molar-refractivity contribution in [2.75, 3.05) is 46.4 Å². The van der Waals surface area contributed by atoms with Crippen molar-refractivity contribution in [1.82, 2.24) is 24.4 Å². The third kappa shape index (κ3) is 11.7. The van der Waals surface area contributed by atoms with Gasteiger partial charge in [-0.25, -0.2) is 27.4 Å². The lowest BCUT2D eigenvalue weighted by molar-refractivity contribution is -0.682. The molecule has 6 unspecified atom stereocenters. The van der Waals surface area contributed by atoms with Crippen LogP contribution in [-0.4, -0.2) is 137 Å². The number of nitrogens with one attached hydrogen (secondary N) is 2. The van der Waals surface area contributed by atoms with Gasteiger partial charge in [-0.3, -0.25) is 46.0 Å². The largest absolute Gasteiger partial charge is 0.472 e. The maximum Gasteiger partial charge on any atom is 0.472 e. The third-order valence-electron chi connectivity index (χ3n) is 9.76. The van der Waals surface area contributed by atoms with Crippen LogP contribution in [0.4, 0.5) is 11.8 Å². The number of H-pyrrole nitrogens is 1. The number of phosphoric acid groups is 4. The zero-order valence-corrected chi connectivity index (χ0v) is 37.6. The Bertz CT molecular complexity index is 2470. The Labute approximate surface area is 360 Å². The molecule has 0 amide bonds. The summed E-state index contributed by atoms with van der Waals surface area (Å²) in [5.41, 5.74) is 11.2. The highest BCUT2D eigenvalue weighted by Gasteiger charge is 2.49. The number of hydrogen-bond donors (Lipinski definition) is 11. The van der Waals surface area contributed by atoms with Gasteiger partial charge < -0.3 is 61.2 Å². The minimum Gasteiger partial charge on any atom is -0.387 e. The van der Waals surface area contributed by atoms with Crippen LogP contribution in [0, 0.1) is 0 Å². The van der Waals surface area contributed by atoms with Gasteiger partial charge in [0.15, 0.2) is 12.2 Å². The Kier molecular flexibility index (Phi) is 15.4. The van der Waals surface area contributed by atoms with Crippen molar-refractivity contribution in [1.29, 1.82) is 0 Å². The summed E-state index contributed by atoms with van der Waals surface area (Å²) in [6.07, 6.45) is -10.0. The van der Waals surface area contributed by atoms with E-state index >= 15 is 0 Å². The number of aromatic nitrogens is 6. The van der Waals surface area contributed by atoms with Crippen LogP contribution in [0.15, 0.2) is 22.4 Å². The summed E-state index contributed by atoms with van der Waals surface area (Å²) in [6.45, 7) is -4.14. The van der Waals surface area contributed by atoms with Crippen LogP contribution in [-0.2, 0) is 78.0 Å². The summed E-state index contributed by atoms with van der Waals surface area (Å²) in [5.74, 6) is -0.0108. The number of nitrogen functional groups attached to an aromatic ring is 1. The van der Waals surface area contributed by atoms with Gasteiger partial charge in [-0.05, 0) is 6.42 Å². The zero-order valence-electron chi connectivity index (χ0n) is 34.0. The molecular formula is C28H48N10O22P4+2. The molecule has 360 valence electrons. The Balaban J connectivity index is 1.09. The van der Waals surface area contributed by atoms with Crippen LogP contribution in [0.3, 0.4) is 0 Å². The van der Waals surface area contributed by atoms with Crippen molar-refractivity contribution in [3.63, 3.8) is 0 Å². The number of aromatic amines is 1. The van der Waals surface area contributed by atoms with E-state index in [0.29, 0.717) is 31.5 Å². The fourth-order valence-electron chi connectivity index (χ4n) is 6.75. The highest BCUT2D eigenvalue weighted by Crippen LogP contribution is 2.52. The van der Waals surface area contributed by atoms with Crippen molar-refractivity contribution in [3.05, 3.63) is 28.7 Å². The Morgan fingerprint density at radius 1 is 0.828 bits per heavy atom. The molecule has 3 aromatic rings. The molecule has 64 heavy (non-hydrogen) atoms. The predicted octanol–water partition coefficient (Wildman–Crippen LogP) is -3.17. The van der Waals surface area contributed by atoms with E-state index in [1.165, 1.54) is 22.5 Å². The summed E-state index contributed by atoms with van der Waals surface area (Å²) in [5, 5.41) is 34.5. The first-order valence-corrected chi connectivity index (χ1v) is 24.5. The van der Waals surface area contributed by atoms with Gasteiger partial charge in [-0.2, -0.15) is 19.1 Å². The lowest BCUT2D eigenvalue weighted by Crippen LogP contribution is -2.43. The van der Waals surface area contributed by atoms with E-state index in [9.17, 15) is 57.9 Å². The smallest absolute Gasteiger partial charge is 0.387 e. The Hall–Kier alpha value is -3.13. The van der Waals surface area contributed by atoms with Crippen LogP contribution in [0.5, 0.6) is 0 Å². The lowest BCUT2D eigenvalue weighted by atomic mass is 10.1. The summed E-state index contributed by atoms with van der Waals surface area (Å²) in [6, 6.07) is 0. The molecule has 0 spiro atoms. The van der Waals surface area contributed by atoms with Crippen molar-refractivity contribution >= 4 is 60.2 Å². The zero-order chi connectivity index (χ0) is 47.1. The molecule has 0 bridgehead atoms. The number of ether oxygens (including phenoxy) is 2. The number of rotatable bonds is 21. The molecule has 3 aliphatic rings. The average molecular weight is 1000 g/mol. The molecule has 13 N–H and O–H groups in total. The molecule has 32 nitrogen and oxygen atoms in total. The highest BCUT2D eigenvalue weighted by atomic mass is 31.2. The molecule has 0 saturated carbocycles. The summed E-state index contributed by atoms with van der Waals surface area (Å²) < 4.78 is 107. The molecule has 3 aromatic heterocycles. The molecule has 6 heterocycles. The number of aryl methyl sites for hydroxylation is 2. The SMILES string of the molecule is COP(=O)(O)OC(COP(=O)(O)OC[C@@H]1CC[C@H](n2c[n+](C)c3c2N=C(N)NC3O)O1)[C@@H](COP(=O)(O)OC[C@H]1O[C@@H](n2c[n+](C)c3c(=O)[nH]c(N)nc32)[C@H](O)[C@@H]1O)OP(=O)(O)OC. The molecule has 13 atom stereocenters. The Morgan fingerprint density at radius 3 is 2.00 bits per heavy atom. The summed E-state index contributed by atoms with van der Waals surface area (Å²) >= 11 is 0. The number of nitrogens with two attached hydrogens (primary N) is 2. The first-order chi connectivity index (χ1) is 29.8. The van der Waals surface area contributed by atoms with E-state index in [1.54, 1.807) is 22.5 Å². The standard InChI is InChI=1S/C28H46N10O22P4/c1-35-11-37(22-18(35)24(41)33-27(29)31-22)17-6-5-13(57-17)7-53-63(47,48)54-8-14(59-61(43,44)51-3)15(60-62(45,46)52-4)9-55-64(49,50)56-10-16-20(39)21(40)26(58-16)38-12-36(2)19-23(38)32-28(30)34-25(19)42/h11-17,20-21,24,26,39-41H,5-10H2,1-4H3,(H8-2,29,30,31,32,33,34,42,43,44,45,46,47,48,49,50)/p+2/t13-,14?,15+,16+,17+,20+,21+,24?,26+/m0/s1. The third-order valence-corrected chi connectivity index (χ3v) is 13.7. The van der Waals surface area contributed by atoms with E-state index in [4.69, 9.17) is 48.1 Å². The van der Waals surface area contributed by atoms with E-state index < -0.39 is 119 Å². The fraction of sp³-hybridized carbons (Fsp3) is 0.679. The quantitative estimate of drug-likeness (QED) is 0.0370. The highest BCUT2D eigenvalue weighted by molar-refractivity contribution is 7.48. The van der Waals surface area contributed by atoms with Crippen LogP contribution < -0.4 is 31.5 Å². The van der Waals surface area contributed by atoms with Crippen molar-refractivity contribution in [2.24, 2.45) is 24.8 Å². The number of hydrogen-bond acceptors (Lipinski definition) is 23. The molecule has 6 rings (SSSR count). The van der Waals surface area contributed by atoms with Crippen molar-refractivity contribution in [3.8, 4) is 0 Å². The topological polar surface area (TPSA) is 442 Å². The molecule has 2 saturated heterocycles. The second kappa shape index (κ2) is 19.6. The molecule has 0 aliphatic carbocycles. The minimum absolute atomic E-state index is 0.0211. The van der Waals surface area contributed by atoms with Gasteiger partial charge in [-0.15, -0.1) is 0 Å². The van der Waals surface area contributed by atoms with Crippen LogP contribution >= 0.6 is 31.3 Å². The fourth-order valence-corrected chi connectivity index (χ4v) is 9.51. The number of aliphatic imine (C=N–C) groups is 1. The molecule has 2 fully saturated rings. The number of phosphoric ester groups is 4. The van der Waals surface area contributed by atoms with Gasteiger partial charge in [0.2, 0.25) is 36.8 Å². The molecule has 3 aliphatic heterocycles. The number of fused-ring (bicyclic) bond motifs is 2. The average Bonchev–Trinajstić information content (AvgIpc) is 3.97. The molecular weight excluding hydrogens is 952 g/mol. The lowest BCUT2D eigenvalue weighted by Gasteiger charge is -2.29. The maximum atomic E-state index is 13.1. The summed E-state index contributed by atoms with van der Waals surface area (Å²) in [7, 11) is -16.2. The number of anilines is 1. The van der Waals surface area contributed by atoms with E-state index in [0.717, 1.165) is 7.11 Å². The first-order valence-electron chi connectivity index (χ1n) is 18.5. The van der Waals surface area contributed by atoms with E-state index in [-0.39, 0.29) is 23.1 Å². The van der Waals surface area contributed by atoms with Gasteiger partial charge in [-0.1, -0.05) is 0 Å². The van der Waals surface area contributed by atoms with Crippen LogP contribution in [0.25, 0.3) is 11.2 Å². The van der Waals surface area contributed by atoms with Crippen molar-refractivity contribution < 1.29 is 108 Å². The second-order valence-corrected chi connectivity index (χ2v) is 20.1. The van der Waals surface area contributed by atoms with Gasteiger partial charge in [0.1, 0.15) is 30.5 Å². The number of guanidine groups is 1.